The van der Waals surface area contributed by atoms with E-state index in [-0.39, 0.29) is 0 Å². The summed E-state index contributed by atoms with van der Waals surface area (Å²) < 4.78 is 2.27. The summed E-state index contributed by atoms with van der Waals surface area (Å²) in [5.41, 5.74) is 7.11. The van der Waals surface area contributed by atoms with Crippen LogP contribution < -0.4 is 0 Å². The maximum atomic E-state index is 4.79. The Morgan fingerprint density at radius 2 is 1.47 bits per heavy atom. The SMILES string of the molecule is Cc1c(C)c2nc3ccccc3n2c2ccccc12. The Balaban J connectivity index is 2.43. The minimum Gasteiger partial charge on any atom is -0.292 e. The van der Waals surface area contributed by atoms with Crippen LogP contribution in [0.4, 0.5) is 0 Å². The zero-order valence-corrected chi connectivity index (χ0v) is 11.0. The standard InChI is InChI=1S/C17H14N2/c1-11-12(2)17-18-14-8-4-6-10-16(14)19(17)15-9-5-3-7-13(11)15/h3-10H,1-2H3. The van der Waals surface area contributed by atoms with Crippen LogP contribution in [0.2, 0.25) is 0 Å². The highest BCUT2D eigenvalue weighted by atomic mass is 15.0. The molecule has 0 aliphatic rings. The summed E-state index contributed by atoms with van der Waals surface area (Å²) in [6.07, 6.45) is 0. The van der Waals surface area contributed by atoms with Gasteiger partial charge in [0.05, 0.1) is 16.6 Å². The van der Waals surface area contributed by atoms with Crippen molar-refractivity contribution >= 4 is 27.6 Å². The molecule has 4 rings (SSSR count). The quantitative estimate of drug-likeness (QED) is 0.453. The number of pyridine rings is 1. The van der Waals surface area contributed by atoms with Crippen LogP contribution in [0.15, 0.2) is 48.5 Å². The summed E-state index contributed by atoms with van der Waals surface area (Å²) in [6.45, 7) is 4.33. The average molecular weight is 246 g/mol. The second kappa shape index (κ2) is 3.58. The number of rotatable bonds is 0. The van der Waals surface area contributed by atoms with Gasteiger partial charge < -0.3 is 0 Å². The second-order valence-electron chi connectivity index (χ2n) is 5.03. The molecule has 2 nitrogen and oxygen atoms in total. The van der Waals surface area contributed by atoms with E-state index < -0.39 is 0 Å². The van der Waals surface area contributed by atoms with Crippen molar-refractivity contribution in [3.8, 4) is 0 Å². The molecule has 2 aromatic carbocycles. The Labute approximate surface area is 111 Å². The number of benzene rings is 2. The molecule has 0 saturated heterocycles. The van der Waals surface area contributed by atoms with Crippen molar-refractivity contribution in [2.24, 2.45) is 0 Å². The van der Waals surface area contributed by atoms with E-state index in [1.54, 1.807) is 0 Å². The highest BCUT2D eigenvalue weighted by Crippen LogP contribution is 2.28. The molecule has 0 atom stereocenters. The molecule has 0 bridgehead atoms. The largest absolute Gasteiger partial charge is 0.292 e. The highest BCUT2D eigenvalue weighted by Gasteiger charge is 2.12. The first-order valence-electron chi connectivity index (χ1n) is 6.52. The Bertz CT molecular complexity index is 932. The van der Waals surface area contributed by atoms with Crippen LogP contribution in [0.5, 0.6) is 0 Å². The minimum absolute atomic E-state index is 1.06. The third-order valence-corrected chi connectivity index (χ3v) is 4.01. The van der Waals surface area contributed by atoms with Gasteiger partial charge in [-0.15, -0.1) is 0 Å². The van der Waals surface area contributed by atoms with Gasteiger partial charge in [-0.05, 0) is 43.2 Å². The van der Waals surface area contributed by atoms with Gasteiger partial charge in [0.15, 0.2) is 0 Å². The van der Waals surface area contributed by atoms with Crippen molar-refractivity contribution in [1.29, 1.82) is 0 Å². The molecule has 0 fully saturated rings. The zero-order valence-electron chi connectivity index (χ0n) is 11.0. The number of fused-ring (bicyclic) bond motifs is 5. The Hall–Kier alpha value is -2.35. The van der Waals surface area contributed by atoms with Crippen LogP contribution in [0.1, 0.15) is 11.1 Å². The Kier molecular flexibility index (Phi) is 1.99. The monoisotopic (exact) mass is 246 g/mol. The molecule has 0 amide bonds. The molecule has 2 heteroatoms. The number of aryl methyl sites for hydroxylation is 2. The van der Waals surface area contributed by atoms with Crippen molar-refractivity contribution < 1.29 is 0 Å². The predicted octanol–water partition coefficient (Wildman–Crippen LogP) is 4.26. The molecule has 19 heavy (non-hydrogen) atoms. The molecule has 0 aliphatic heterocycles. The lowest BCUT2D eigenvalue weighted by Gasteiger charge is -2.10. The Morgan fingerprint density at radius 1 is 0.789 bits per heavy atom. The van der Waals surface area contributed by atoms with Crippen molar-refractivity contribution in [2.45, 2.75) is 13.8 Å². The predicted molar refractivity (Wildman–Crippen MR) is 79.7 cm³/mol. The number of aromatic nitrogens is 2. The number of hydrogen-bond donors (Lipinski definition) is 0. The van der Waals surface area contributed by atoms with Crippen molar-refractivity contribution in [2.75, 3.05) is 0 Å². The van der Waals surface area contributed by atoms with Crippen molar-refractivity contribution in [3.05, 3.63) is 59.7 Å². The molecule has 92 valence electrons. The molecule has 2 aromatic heterocycles. The van der Waals surface area contributed by atoms with Gasteiger partial charge in [-0.25, -0.2) is 4.98 Å². The number of nitrogens with zero attached hydrogens (tertiary/aromatic N) is 2. The maximum absolute atomic E-state index is 4.79. The van der Waals surface area contributed by atoms with Gasteiger partial charge in [0.2, 0.25) is 0 Å². The lowest BCUT2D eigenvalue weighted by Crippen LogP contribution is -1.95. The second-order valence-corrected chi connectivity index (χ2v) is 5.03. The fraction of sp³-hybridized carbons (Fsp3) is 0.118. The third kappa shape index (κ3) is 1.28. The van der Waals surface area contributed by atoms with Gasteiger partial charge in [0, 0.05) is 5.39 Å². The molecular formula is C17H14N2. The summed E-state index contributed by atoms with van der Waals surface area (Å²) in [5, 5.41) is 1.30. The first kappa shape index (κ1) is 10.6. The average Bonchev–Trinajstić information content (AvgIpc) is 2.84. The minimum atomic E-state index is 1.06. The summed E-state index contributed by atoms with van der Waals surface area (Å²) >= 11 is 0. The smallest absolute Gasteiger partial charge is 0.141 e. The van der Waals surface area contributed by atoms with Crippen LogP contribution in [0.25, 0.3) is 27.6 Å². The maximum Gasteiger partial charge on any atom is 0.141 e. The van der Waals surface area contributed by atoms with E-state index in [0.29, 0.717) is 0 Å². The van der Waals surface area contributed by atoms with E-state index in [2.05, 4.69) is 60.7 Å². The molecule has 0 unspecified atom stereocenters. The number of imidazole rings is 1. The summed E-state index contributed by atoms with van der Waals surface area (Å²) in [5.74, 6) is 0. The number of hydrogen-bond acceptors (Lipinski definition) is 1. The molecule has 0 spiro atoms. The first-order valence-corrected chi connectivity index (χ1v) is 6.52. The highest BCUT2D eigenvalue weighted by molar-refractivity contribution is 5.93. The molecular weight excluding hydrogens is 232 g/mol. The van der Waals surface area contributed by atoms with Crippen LogP contribution in [-0.4, -0.2) is 9.38 Å². The van der Waals surface area contributed by atoms with E-state index >= 15 is 0 Å². The van der Waals surface area contributed by atoms with Crippen molar-refractivity contribution in [3.63, 3.8) is 0 Å². The van der Waals surface area contributed by atoms with Crippen LogP contribution in [-0.2, 0) is 0 Å². The normalized spacial score (nSPS) is 11.7. The van der Waals surface area contributed by atoms with Crippen LogP contribution in [0.3, 0.4) is 0 Å². The number of para-hydroxylation sites is 3. The summed E-state index contributed by atoms with van der Waals surface area (Å²) in [6, 6.07) is 16.9. The Morgan fingerprint density at radius 3 is 2.32 bits per heavy atom. The summed E-state index contributed by atoms with van der Waals surface area (Å²) in [4.78, 5) is 4.79. The molecule has 0 N–H and O–H groups in total. The molecule has 2 heterocycles. The van der Waals surface area contributed by atoms with Gasteiger partial charge in [-0.3, -0.25) is 4.40 Å². The summed E-state index contributed by atoms with van der Waals surface area (Å²) in [7, 11) is 0. The fourth-order valence-corrected chi connectivity index (χ4v) is 2.88. The zero-order chi connectivity index (χ0) is 13.0. The van der Waals surface area contributed by atoms with Crippen LogP contribution >= 0.6 is 0 Å². The molecule has 0 radical (unpaired) electrons. The van der Waals surface area contributed by atoms with E-state index in [4.69, 9.17) is 4.98 Å². The van der Waals surface area contributed by atoms with E-state index in [1.165, 1.54) is 27.5 Å². The third-order valence-electron chi connectivity index (χ3n) is 4.01. The first-order chi connectivity index (χ1) is 9.27. The lowest BCUT2D eigenvalue weighted by atomic mass is 10.1. The van der Waals surface area contributed by atoms with Gasteiger partial charge in [0.1, 0.15) is 5.65 Å². The molecule has 4 aromatic rings. The lowest BCUT2D eigenvalue weighted by molar-refractivity contribution is 1.23. The fourth-order valence-electron chi connectivity index (χ4n) is 2.88. The van der Waals surface area contributed by atoms with Gasteiger partial charge in [-0.2, -0.15) is 0 Å². The van der Waals surface area contributed by atoms with Gasteiger partial charge >= 0.3 is 0 Å². The van der Waals surface area contributed by atoms with Crippen LogP contribution in [0, 0.1) is 13.8 Å². The van der Waals surface area contributed by atoms with Gasteiger partial charge in [0.25, 0.3) is 0 Å². The van der Waals surface area contributed by atoms with E-state index in [0.717, 1.165) is 11.2 Å². The van der Waals surface area contributed by atoms with Crippen molar-refractivity contribution in [1.82, 2.24) is 9.38 Å². The topological polar surface area (TPSA) is 17.3 Å². The molecule has 0 saturated carbocycles. The molecule has 0 aliphatic carbocycles. The van der Waals surface area contributed by atoms with E-state index in [1.807, 2.05) is 6.07 Å². The van der Waals surface area contributed by atoms with E-state index in [9.17, 15) is 0 Å². The van der Waals surface area contributed by atoms with Gasteiger partial charge in [-0.1, -0.05) is 30.3 Å².